The van der Waals surface area contributed by atoms with Crippen molar-refractivity contribution in [3.8, 4) is 45.8 Å². The summed E-state index contributed by atoms with van der Waals surface area (Å²) in [6.45, 7) is 8.39. The molecule has 8 rings (SSSR count). The quantitative estimate of drug-likeness (QED) is 0.218. The molecule has 0 saturated heterocycles. The van der Waals surface area contributed by atoms with Crippen molar-refractivity contribution in [1.82, 2.24) is 0 Å². The molecule has 3 aromatic carbocycles. The number of benzene rings is 3. The summed E-state index contributed by atoms with van der Waals surface area (Å²) in [4.78, 5) is 14.0. The topological polar surface area (TPSA) is 76.3 Å². The first-order chi connectivity index (χ1) is 19.1. The molecule has 4 aliphatic heterocycles. The third-order valence-electron chi connectivity index (χ3n) is 7.90. The molecular weight excluding hydrogens is 498 g/mol. The third kappa shape index (κ3) is 3.17. The number of ether oxygens (including phenoxy) is 6. The van der Waals surface area contributed by atoms with E-state index in [2.05, 4.69) is 24.1 Å². The van der Waals surface area contributed by atoms with Gasteiger partial charge in [0.2, 0.25) is 25.0 Å². The Morgan fingerprint density at radius 1 is 0.821 bits per heavy atom. The number of fused-ring (bicyclic) bond motifs is 8. The van der Waals surface area contributed by atoms with Gasteiger partial charge in [-0.2, -0.15) is 4.57 Å². The van der Waals surface area contributed by atoms with E-state index in [9.17, 15) is 4.79 Å². The van der Waals surface area contributed by atoms with Gasteiger partial charge in [-0.3, -0.25) is 4.79 Å². The minimum atomic E-state index is -0.195. The number of pyridine rings is 1. The maximum atomic E-state index is 14.0. The molecule has 0 saturated carbocycles. The Kier molecular flexibility index (Phi) is 4.65. The number of aromatic nitrogens is 1. The second kappa shape index (κ2) is 8.14. The van der Waals surface area contributed by atoms with E-state index in [1.165, 1.54) is 5.56 Å². The summed E-state index contributed by atoms with van der Waals surface area (Å²) >= 11 is 0. The molecule has 1 aromatic heterocycles. The number of nitrogens with zero attached hydrogens (tertiary/aromatic N) is 1. The number of carbonyl (C=O) groups is 1. The van der Waals surface area contributed by atoms with Gasteiger partial charge in [-0.05, 0) is 55.0 Å². The molecule has 0 N–H and O–H groups in total. The largest absolute Gasteiger partial charge is 0.486 e. The molecule has 8 heteroatoms. The monoisotopic (exact) mass is 522 g/mol. The summed E-state index contributed by atoms with van der Waals surface area (Å²) in [6.07, 6.45) is 0.763. The molecule has 0 fully saturated rings. The Labute approximate surface area is 223 Å². The number of hydrogen-bond donors (Lipinski definition) is 0. The number of allylic oxidation sites excluding steroid dienone is 1. The molecule has 0 unspecified atom stereocenters. The summed E-state index contributed by atoms with van der Waals surface area (Å²) in [5.74, 6) is 3.78. The van der Waals surface area contributed by atoms with Crippen molar-refractivity contribution in [3.63, 3.8) is 0 Å². The summed E-state index contributed by atoms with van der Waals surface area (Å²) in [6, 6.07) is 13.3. The van der Waals surface area contributed by atoms with E-state index in [1.807, 2.05) is 18.2 Å². The van der Waals surface area contributed by atoms with Gasteiger partial charge in [0, 0.05) is 22.9 Å². The van der Waals surface area contributed by atoms with Crippen LogP contribution >= 0.6 is 0 Å². The van der Waals surface area contributed by atoms with Crippen LogP contribution in [0.5, 0.6) is 34.5 Å². The van der Waals surface area contributed by atoms with E-state index in [4.69, 9.17) is 28.4 Å². The van der Waals surface area contributed by atoms with Gasteiger partial charge in [-0.25, -0.2) is 0 Å². The first-order valence-corrected chi connectivity index (χ1v) is 12.9. The van der Waals surface area contributed by atoms with Crippen molar-refractivity contribution in [2.75, 3.05) is 26.8 Å². The Balaban J connectivity index is 1.37. The van der Waals surface area contributed by atoms with Gasteiger partial charge in [0.25, 0.3) is 0 Å². The second-order valence-corrected chi connectivity index (χ2v) is 9.97. The normalized spacial score (nSPS) is 15.6. The van der Waals surface area contributed by atoms with Crippen LogP contribution in [0, 0.1) is 6.92 Å². The molecule has 0 spiro atoms. The summed E-state index contributed by atoms with van der Waals surface area (Å²) in [5.41, 5.74) is 5.90. The molecule has 0 radical (unpaired) electrons. The number of hydrogen-bond acceptors (Lipinski definition) is 7. The maximum absolute atomic E-state index is 14.0. The second-order valence-electron chi connectivity index (χ2n) is 9.97. The van der Waals surface area contributed by atoms with E-state index in [-0.39, 0.29) is 19.4 Å². The zero-order chi connectivity index (χ0) is 26.2. The standard InChI is InChI=1S/C31H24NO7/c1-16-20-4-6-23-31(39-15-36-23)27(20)29(17(2)30(33)19-3-5-22-24(12-19)35-10-9-34-22)32-8-7-18-11-25-26(38-14-37-25)13-21(18)28(16)32/h3-6,11-13H,2,7-10,14-15H2,1H3/q+1. The fourth-order valence-electron chi connectivity index (χ4n) is 6.09. The fraction of sp³-hybridized carbons (Fsp3) is 0.226. The molecule has 8 nitrogen and oxygen atoms in total. The average Bonchev–Trinajstić information content (AvgIpc) is 3.64. The number of rotatable bonds is 3. The molecule has 0 atom stereocenters. The van der Waals surface area contributed by atoms with E-state index in [1.54, 1.807) is 18.2 Å². The lowest BCUT2D eigenvalue weighted by Crippen LogP contribution is -2.45. The van der Waals surface area contributed by atoms with Crippen molar-refractivity contribution < 1.29 is 37.8 Å². The Bertz CT molecular complexity index is 1770. The van der Waals surface area contributed by atoms with E-state index < -0.39 is 0 Å². The van der Waals surface area contributed by atoms with Crippen LogP contribution < -0.4 is 33.0 Å². The molecule has 194 valence electrons. The Morgan fingerprint density at radius 3 is 2.41 bits per heavy atom. The smallest absolute Gasteiger partial charge is 0.231 e. The zero-order valence-corrected chi connectivity index (χ0v) is 21.3. The molecule has 0 aliphatic carbocycles. The highest BCUT2D eigenvalue weighted by Gasteiger charge is 2.38. The van der Waals surface area contributed by atoms with Gasteiger partial charge < -0.3 is 28.4 Å². The Hall–Kier alpha value is -4.72. The minimum Gasteiger partial charge on any atom is -0.486 e. The maximum Gasteiger partial charge on any atom is 0.231 e. The lowest BCUT2D eigenvalue weighted by atomic mass is 9.88. The summed E-state index contributed by atoms with van der Waals surface area (Å²) < 4.78 is 36.7. The summed E-state index contributed by atoms with van der Waals surface area (Å²) in [7, 11) is 0. The van der Waals surface area contributed by atoms with Crippen molar-refractivity contribution >= 4 is 22.1 Å². The van der Waals surface area contributed by atoms with Crippen LogP contribution in [-0.2, 0) is 13.0 Å². The fourth-order valence-corrected chi connectivity index (χ4v) is 6.09. The van der Waals surface area contributed by atoms with Crippen molar-refractivity contribution in [2.24, 2.45) is 0 Å². The summed E-state index contributed by atoms with van der Waals surface area (Å²) in [5, 5.41) is 1.80. The van der Waals surface area contributed by atoms with Gasteiger partial charge >= 0.3 is 0 Å². The van der Waals surface area contributed by atoms with Gasteiger partial charge in [-0.1, -0.05) is 6.58 Å². The van der Waals surface area contributed by atoms with Gasteiger partial charge in [0.1, 0.15) is 18.6 Å². The van der Waals surface area contributed by atoms with Gasteiger partial charge in [0.15, 0.2) is 46.8 Å². The SMILES string of the molecule is C=C(C(=O)c1ccc2c(c1)OCCO2)c1c2c3c(ccc2c(C)c2[n+]1CCc1cc4c(cc1-2)OCO4)OCO3. The minimum absolute atomic E-state index is 0.129. The molecule has 0 bridgehead atoms. The van der Waals surface area contributed by atoms with Crippen LogP contribution in [0.2, 0.25) is 0 Å². The van der Waals surface area contributed by atoms with Crippen molar-refractivity contribution in [3.05, 3.63) is 71.4 Å². The highest BCUT2D eigenvalue weighted by molar-refractivity contribution is 6.30. The molecule has 4 aliphatic rings. The van der Waals surface area contributed by atoms with Gasteiger partial charge in [-0.15, -0.1) is 0 Å². The molecular formula is C31H24NO7+. The number of aryl methyl sites for hydroxylation is 2. The van der Waals surface area contributed by atoms with Crippen LogP contribution in [0.25, 0.3) is 27.6 Å². The van der Waals surface area contributed by atoms with Gasteiger partial charge in [0.05, 0.1) is 11.1 Å². The number of Topliss-reactive ketones (excluding diaryl/α,β-unsaturated/α-hetero) is 1. The lowest BCUT2D eigenvalue weighted by Gasteiger charge is -2.22. The van der Waals surface area contributed by atoms with Crippen LogP contribution in [0.3, 0.4) is 0 Å². The van der Waals surface area contributed by atoms with Crippen LogP contribution in [-0.4, -0.2) is 32.6 Å². The third-order valence-corrected chi connectivity index (χ3v) is 7.90. The number of carbonyl (C=O) groups excluding carboxylic acids is 1. The van der Waals surface area contributed by atoms with Crippen molar-refractivity contribution in [1.29, 1.82) is 0 Å². The molecule has 0 amide bonds. The van der Waals surface area contributed by atoms with Crippen LogP contribution in [0.15, 0.2) is 49.0 Å². The van der Waals surface area contributed by atoms with E-state index in [0.717, 1.165) is 51.2 Å². The zero-order valence-electron chi connectivity index (χ0n) is 21.3. The number of ketones is 1. The Morgan fingerprint density at radius 2 is 1.54 bits per heavy atom. The van der Waals surface area contributed by atoms with E-state index >= 15 is 0 Å². The predicted octanol–water partition coefficient (Wildman–Crippen LogP) is 4.78. The van der Waals surface area contributed by atoms with Crippen LogP contribution in [0.4, 0.5) is 0 Å². The van der Waals surface area contributed by atoms with Crippen LogP contribution in [0.1, 0.15) is 27.2 Å². The highest BCUT2D eigenvalue weighted by atomic mass is 16.7. The highest BCUT2D eigenvalue weighted by Crippen LogP contribution is 2.47. The average molecular weight is 523 g/mol. The van der Waals surface area contributed by atoms with Crippen molar-refractivity contribution in [2.45, 2.75) is 19.9 Å². The van der Waals surface area contributed by atoms with E-state index in [0.29, 0.717) is 53.9 Å². The molecule has 39 heavy (non-hydrogen) atoms. The first kappa shape index (κ1) is 22.3. The lowest BCUT2D eigenvalue weighted by molar-refractivity contribution is -0.688. The molecule has 5 heterocycles. The first-order valence-electron chi connectivity index (χ1n) is 12.9. The molecule has 4 aromatic rings. The predicted molar refractivity (Wildman–Crippen MR) is 141 cm³/mol.